The predicted octanol–water partition coefficient (Wildman–Crippen LogP) is 3.92. The molecule has 2 heterocycles. The van der Waals surface area contributed by atoms with E-state index in [1.54, 1.807) is 37.4 Å². The number of anilines is 2. The van der Waals surface area contributed by atoms with Gasteiger partial charge >= 0.3 is 0 Å². The Bertz CT molecular complexity index is 1110. The van der Waals surface area contributed by atoms with Crippen molar-refractivity contribution in [2.45, 2.75) is 27.2 Å². The fraction of sp³-hybridized carbons (Fsp3) is 0.346. The molecule has 2 aromatic rings. The Balaban J connectivity index is 1.80. The molecule has 4 rings (SSSR count). The molecule has 3 amide bonds. The summed E-state index contributed by atoms with van der Waals surface area (Å²) in [4.78, 5) is 42.1. The molecule has 0 saturated carbocycles. The first kappa shape index (κ1) is 22.6. The van der Waals surface area contributed by atoms with Crippen LogP contribution in [0, 0.1) is 11.8 Å². The van der Waals surface area contributed by atoms with Crippen LogP contribution in [0.3, 0.4) is 0 Å². The van der Waals surface area contributed by atoms with E-state index in [-0.39, 0.29) is 17.7 Å². The van der Waals surface area contributed by atoms with Gasteiger partial charge in [0.05, 0.1) is 18.4 Å². The van der Waals surface area contributed by atoms with Gasteiger partial charge in [-0.05, 0) is 48.6 Å². The highest BCUT2D eigenvalue weighted by Crippen LogP contribution is 2.40. The number of nitrogens with one attached hydrogen (secondary N) is 1. The predicted molar refractivity (Wildman–Crippen MR) is 128 cm³/mol. The first-order valence-electron chi connectivity index (χ1n) is 11.2. The fourth-order valence-electron chi connectivity index (χ4n) is 4.88. The molecule has 0 radical (unpaired) electrons. The first-order chi connectivity index (χ1) is 15.8. The van der Waals surface area contributed by atoms with Crippen LogP contribution in [0.5, 0.6) is 5.75 Å². The summed E-state index contributed by atoms with van der Waals surface area (Å²) in [7, 11) is 1.56. The lowest BCUT2D eigenvalue weighted by Crippen LogP contribution is -2.42. The van der Waals surface area contributed by atoms with Gasteiger partial charge in [0.25, 0.3) is 11.8 Å². The molecule has 1 fully saturated rings. The number of ether oxygens (including phenoxy) is 1. The fourth-order valence-corrected chi connectivity index (χ4v) is 4.88. The number of methoxy groups -OCH3 is 1. The monoisotopic (exact) mass is 447 g/mol. The van der Waals surface area contributed by atoms with Crippen molar-refractivity contribution in [1.82, 2.24) is 4.90 Å². The third-order valence-electron chi connectivity index (χ3n) is 6.07. The van der Waals surface area contributed by atoms with Crippen LogP contribution in [-0.2, 0) is 14.4 Å². The summed E-state index contributed by atoms with van der Waals surface area (Å²) in [6, 6.07) is 14.0. The maximum atomic E-state index is 13.8. The van der Waals surface area contributed by atoms with Gasteiger partial charge in [-0.25, -0.2) is 4.90 Å². The highest BCUT2D eigenvalue weighted by atomic mass is 16.5. The highest BCUT2D eigenvalue weighted by molar-refractivity contribution is 6.45. The van der Waals surface area contributed by atoms with E-state index in [4.69, 9.17) is 4.74 Å². The second-order valence-corrected chi connectivity index (χ2v) is 8.95. The van der Waals surface area contributed by atoms with Crippen LogP contribution >= 0.6 is 0 Å². The third-order valence-corrected chi connectivity index (χ3v) is 6.07. The molecule has 0 aliphatic carbocycles. The van der Waals surface area contributed by atoms with Crippen molar-refractivity contribution in [3.05, 3.63) is 59.8 Å². The molecule has 0 spiro atoms. The quantitative estimate of drug-likeness (QED) is 0.703. The standard InChI is InChI=1S/C26H29N3O4/c1-16-13-17(2)15-28(14-16)24-23(21-7-5-6-8-22(21)33-4)25(31)29(26(24)32)20-11-9-19(10-12-20)27-18(3)30/h5-12,16-17H,13-15H2,1-4H3,(H,27,30). The van der Waals surface area contributed by atoms with Gasteiger partial charge in [0.15, 0.2) is 0 Å². The summed E-state index contributed by atoms with van der Waals surface area (Å²) in [5, 5.41) is 2.70. The lowest BCUT2D eigenvalue weighted by atomic mass is 9.91. The normalized spacial score (nSPS) is 21.0. The minimum atomic E-state index is -0.377. The van der Waals surface area contributed by atoms with E-state index in [2.05, 4.69) is 24.1 Å². The minimum Gasteiger partial charge on any atom is -0.496 e. The summed E-state index contributed by atoms with van der Waals surface area (Å²) in [6.07, 6.45) is 1.09. The van der Waals surface area contributed by atoms with Crippen molar-refractivity contribution in [2.75, 3.05) is 30.4 Å². The maximum Gasteiger partial charge on any atom is 0.282 e. The number of rotatable bonds is 5. The zero-order chi connectivity index (χ0) is 23.7. The zero-order valence-electron chi connectivity index (χ0n) is 19.4. The van der Waals surface area contributed by atoms with E-state index in [9.17, 15) is 14.4 Å². The molecular weight excluding hydrogens is 418 g/mol. The number of hydrogen-bond donors (Lipinski definition) is 1. The molecule has 1 N–H and O–H groups in total. The number of nitrogens with zero attached hydrogens (tertiary/aromatic N) is 2. The van der Waals surface area contributed by atoms with Gasteiger partial charge < -0.3 is 15.0 Å². The molecule has 2 aromatic carbocycles. The van der Waals surface area contributed by atoms with Crippen molar-refractivity contribution in [3.63, 3.8) is 0 Å². The largest absolute Gasteiger partial charge is 0.496 e. The van der Waals surface area contributed by atoms with Crippen LogP contribution in [0.25, 0.3) is 5.57 Å². The highest BCUT2D eigenvalue weighted by Gasteiger charge is 2.44. The number of piperidine rings is 1. The Morgan fingerprint density at radius 3 is 2.21 bits per heavy atom. The number of hydrogen-bond acceptors (Lipinski definition) is 5. The molecule has 2 aliphatic heterocycles. The molecule has 33 heavy (non-hydrogen) atoms. The van der Waals surface area contributed by atoms with Crippen LogP contribution in [0.2, 0.25) is 0 Å². The van der Waals surface area contributed by atoms with E-state index in [1.165, 1.54) is 11.8 Å². The van der Waals surface area contributed by atoms with Gasteiger partial charge in [0.1, 0.15) is 11.4 Å². The smallest absolute Gasteiger partial charge is 0.282 e. The first-order valence-corrected chi connectivity index (χ1v) is 11.2. The number of likely N-dealkylation sites (tertiary alicyclic amines) is 1. The Morgan fingerprint density at radius 2 is 1.61 bits per heavy atom. The van der Waals surface area contributed by atoms with E-state index in [0.29, 0.717) is 58.9 Å². The molecule has 7 nitrogen and oxygen atoms in total. The second kappa shape index (κ2) is 9.10. The van der Waals surface area contributed by atoms with Gasteiger partial charge in [-0.2, -0.15) is 0 Å². The third kappa shape index (κ3) is 4.35. The number of benzene rings is 2. The van der Waals surface area contributed by atoms with Gasteiger partial charge in [-0.15, -0.1) is 0 Å². The Labute approximate surface area is 194 Å². The average molecular weight is 448 g/mol. The van der Waals surface area contributed by atoms with Crippen LogP contribution in [0.15, 0.2) is 54.2 Å². The van der Waals surface area contributed by atoms with Crippen LogP contribution in [0.1, 0.15) is 32.8 Å². The van der Waals surface area contributed by atoms with Crippen LogP contribution in [0.4, 0.5) is 11.4 Å². The number of imide groups is 1. The second-order valence-electron chi connectivity index (χ2n) is 8.95. The molecule has 0 aromatic heterocycles. The maximum absolute atomic E-state index is 13.8. The van der Waals surface area contributed by atoms with Crippen molar-refractivity contribution in [1.29, 1.82) is 0 Å². The molecule has 172 valence electrons. The Morgan fingerprint density at radius 1 is 0.970 bits per heavy atom. The number of carbonyl (C=O) groups is 3. The van der Waals surface area contributed by atoms with Gasteiger partial charge in [0.2, 0.25) is 5.91 Å². The van der Waals surface area contributed by atoms with Crippen molar-refractivity contribution in [3.8, 4) is 5.75 Å². The van der Waals surface area contributed by atoms with E-state index < -0.39 is 0 Å². The molecule has 0 bridgehead atoms. The lowest BCUT2D eigenvalue weighted by molar-refractivity contribution is -0.121. The lowest BCUT2D eigenvalue weighted by Gasteiger charge is -2.37. The molecule has 2 atom stereocenters. The van der Waals surface area contributed by atoms with Crippen molar-refractivity contribution < 1.29 is 19.1 Å². The van der Waals surface area contributed by atoms with Crippen LogP contribution in [-0.4, -0.2) is 42.8 Å². The van der Waals surface area contributed by atoms with Crippen LogP contribution < -0.4 is 15.0 Å². The SMILES string of the molecule is COc1ccccc1C1=C(N2CC(C)CC(C)C2)C(=O)N(c2ccc(NC(C)=O)cc2)C1=O. The molecule has 2 unspecified atom stereocenters. The van der Waals surface area contributed by atoms with E-state index in [0.717, 1.165) is 6.42 Å². The topological polar surface area (TPSA) is 79.0 Å². The van der Waals surface area contributed by atoms with Gasteiger partial charge in [0, 0.05) is 31.3 Å². The summed E-state index contributed by atoms with van der Waals surface area (Å²) in [5.74, 6) is 0.467. The van der Waals surface area contributed by atoms with E-state index in [1.807, 2.05) is 18.2 Å². The zero-order valence-corrected chi connectivity index (χ0v) is 19.4. The molecular formula is C26H29N3O4. The Kier molecular flexibility index (Phi) is 6.22. The van der Waals surface area contributed by atoms with Gasteiger partial charge in [-0.1, -0.05) is 32.0 Å². The van der Waals surface area contributed by atoms with E-state index >= 15 is 0 Å². The molecule has 2 aliphatic rings. The minimum absolute atomic E-state index is 0.188. The molecule has 7 heteroatoms. The number of amides is 3. The van der Waals surface area contributed by atoms with Crippen molar-refractivity contribution in [2.24, 2.45) is 11.8 Å². The molecule has 1 saturated heterocycles. The summed E-state index contributed by atoms with van der Waals surface area (Å²) in [5.41, 5.74) is 2.46. The average Bonchev–Trinajstić information content (AvgIpc) is 3.03. The summed E-state index contributed by atoms with van der Waals surface area (Å²) in [6.45, 7) is 7.20. The van der Waals surface area contributed by atoms with Gasteiger partial charge in [-0.3, -0.25) is 14.4 Å². The number of carbonyl (C=O) groups excluding carboxylic acids is 3. The summed E-state index contributed by atoms with van der Waals surface area (Å²) < 4.78 is 5.54. The summed E-state index contributed by atoms with van der Waals surface area (Å²) >= 11 is 0. The Hall–Kier alpha value is -3.61. The van der Waals surface area contributed by atoms with Crippen molar-refractivity contribution >= 4 is 34.7 Å². The number of para-hydroxylation sites is 1.